The highest BCUT2D eigenvalue weighted by atomic mass is 16.5. The van der Waals surface area contributed by atoms with Crippen LogP contribution in [-0.4, -0.2) is 103 Å². The van der Waals surface area contributed by atoms with E-state index in [-0.39, 0.29) is 111 Å². The molecule has 13 heteroatoms. The molecule has 0 amide bonds. The maximum atomic E-state index is 14.5. The van der Waals surface area contributed by atoms with Gasteiger partial charge in [0.05, 0.1) is 48.6 Å². The number of fused-ring (bicyclic) bond motifs is 10. The lowest BCUT2D eigenvalue weighted by atomic mass is 9.44. The fourth-order valence-corrected chi connectivity index (χ4v) is 16.9. The van der Waals surface area contributed by atoms with Gasteiger partial charge in [0.2, 0.25) is 0 Å². The number of carbonyl (C=O) groups excluding carboxylic acids is 2. The number of aromatic amines is 1. The molecule has 1 aromatic carbocycles. The van der Waals surface area contributed by atoms with E-state index in [0.29, 0.717) is 43.7 Å². The van der Waals surface area contributed by atoms with Gasteiger partial charge in [0, 0.05) is 61.1 Å². The van der Waals surface area contributed by atoms with E-state index in [4.69, 9.17) is 10.5 Å². The Labute approximate surface area is 419 Å². The second-order valence-electron chi connectivity index (χ2n) is 24.1. The minimum Gasteiger partial charge on any atom is -0.465 e. The Morgan fingerprint density at radius 2 is 1.77 bits per heavy atom. The van der Waals surface area contributed by atoms with Gasteiger partial charge in [0.25, 0.3) is 0 Å². The standard InChI is InChI=1S/C58H78N4O9/c1-33-12-13-35-14-15-40-39(31-63)24-50(67)56(3,69)52-37(11-7-10-36(23-42(40)41(35)22-33)43-32-71-53(68)51(43)38-17-20-60-30-38)27-58(70)45-25-47(64)46-26-48(65)49(66)28-55(46,2)44(45)16-18-57(52,58)19-21-61-54(59)62-29-34-8-5-4-6-9-34/h4-6,8-9,14,17,20,25,30,33,36-37,39-44,46,48-52,60,63,65-67,69-70H,11-13,15-16,18-19,21-24,26-29,31-32H2,1-3H3,(H3,59,61,62)/t33-,36-,37+,39+,40+,41-,42+,43-,44+,46+,48-,49+,50-,51-,52-,55-,56+,57+,58-/m1/s1. The van der Waals surface area contributed by atoms with Crippen molar-refractivity contribution in [2.45, 2.75) is 146 Å². The van der Waals surface area contributed by atoms with Crippen LogP contribution in [0.15, 0.2) is 77.1 Å². The number of ketones is 1. The second kappa shape index (κ2) is 19.5. The van der Waals surface area contributed by atoms with Crippen LogP contribution in [0.2, 0.25) is 0 Å². The van der Waals surface area contributed by atoms with Crippen molar-refractivity contribution in [1.29, 1.82) is 0 Å². The van der Waals surface area contributed by atoms with Crippen molar-refractivity contribution in [1.82, 2.24) is 10.3 Å². The summed E-state index contributed by atoms with van der Waals surface area (Å²) in [6.45, 7) is 6.75. The third kappa shape index (κ3) is 8.74. The van der Waals surface area contributed by atoms with Gasteiger partial charge in [0.15, 0.2) is 11.7 Å². The minimum absolute atomic E-state index is 0.0298. The average Bonchev–Trinajstić information content (AvgIpc) is 4.07. The summed E-state index contributed by atoms with van der Waals surface area (Å²) >= 11 is 0. The van der Waals surface area contributed by atoms with Gasteiger partial charge >= 0.3 is 5.97 Å². The van der Waals surface area contributed by atoms with E-state index in [0.717, 1.165) is 36.8 Å². The number of cyclic esters (lactones) is 1. The van der Waals surface area contributed by atoms with E-state index < -0.39 is 64.0 Å². The molecule has 2 heterocycles. The number of aliphatic imine (C=N–C) groups is 1. The molecule has 10 N–H and O–H groups in total. The molecule has 0 unspecified atom stereocenters. The molecule has 1 aromatic heterocycles. The highest BCUT2D eigenvalue weighted by molar-refractivity contribution is 5.95. The number of aliphatic hydroxyl groups is 6. The monoisotopic (exact) mass is 975 g/mol. The highest BCUT2D eigenvalue weighted by Crippen LogP contribution is 2.72. The number of rotatable bonds is 8. The van der Waals surface area contributed by atoms with E-state index in [1.54, 1.807) is 13.0 Å². The molecule has 1 saturated heterocycles. The number of ether oxygens (including phenoxy) is 1. The van der Waals surface area contributed by atoms with Crippen LogP contribution >= 0.6 is 0 Å². The van der Waals surface area contributed by atoms with Crippen molar-refractivity contribution in [2.75, 3.05) is 19.8 Å². The van der Waals surface area contributed by atoms with Crippen molar-refractivity contribution in [3.05, 3.63) is 83.2 Å². The van der Waals surface area contributed by atoms with Crippen molar-refractivity contribution < 1.29 is 45.0 Å². The number of hydrogen-bond donors (Lipinski definition) is 9. The molecule has 0 radical (unpaired) electrons. The largest absolute Gasteiger partial charge is 0.465 e. The molecule has 8 aliphatic rings. The van der Waals surface area contributed by atoms with Gasteiger partial charge in [-0.1, -0.05) is 61.7 Å². The van der Waals surface area contributed by atoms with Crippen LogP contribution in [0.1, 0.15) is 121 Å². The molecule has 4 saturated carbocycles. The molecule has 5 fully saturated rings. The fourth-order valence-electron chi connectivity index (χ4n) is 16.9. The first kappa shape index (κ1) is 50.3. The van der Waals surface area contributed by atoms with E-state index in [1.165, 1.54) is 5.57 Å². The Hall–Kier alpha value is -4.29. The summed E-state index contributed by atoms with van der Waals surface area (Å²) in [5.74, 6) is 4.71. The smallest absolute Gasteiger partial charge is 0.313 e. The maximum Gasteiger partial charge on any atom is 0.313 e. The van der Waals surface area contributed by atoms with Gasteiger partial charge in [-0.2, -0.15) is 0 Å². The lowest BCUT2D eigenvalue weighted by Crippen LogP contribution is -2.64. The summed E-state index contributed by atoms with van der Waals surface area (Å²) in [6, 6.07) is 11.7. The van der Waals surface area contributed by atoms with Crippen LogP contribution in [0.25, 0.3) is 0 Å². The number of aliphatic hydroxyl groups excluding tert-OH is 4. The Morgan fingerprint density at radius 1 is 0.972 bits per heavy atom. The molecule has 71 heavy (non-hydrogen) atoms. The molecule has 13 nitrogen and oxygen atoms in total. The summed E-state index contributed by atoms with van der Waals surface area (Å²) in [4.78, 5) is 35.9. The predicted molar refractivity (Wildman–Crippen MR) is 269 cm³/mol. The third-order valence-corrected chi connectivity index (χ3v) is 20.4. The van der Waals surface area contributed by atoms with Crippen LogP contribution in [0, 0.1) is 87.8 Å². The minimum atomic E-state index is -1.80. The number of nitrogens with two attached hydrogens (primary N) is 1. The molecule has 0 spiro atoms. The number of nitrogens with zero attached hydrogens (tertiary/aromatic N) is 1. The van der Waals surface area contributed by atoms with Crippen molar-refractivity contribution in [2.24, 2.45) is 86.7 Å². The number of esters is 1. The molecule has 0 bridgehead atoms. The number of allylic oxidation sites excluding steroid dienone is 3. The molecule has 10 rings (SSSR count). The zero-order valence-corrected chi connectivity index (χ0v) is 41.9. The second-order valence-corrected chi connectivity index (χ2v) is 24.1. The van der Waals surface area contributed by atoms with Gasteiger partial charge < -0.3 is 51.4 Å². The fraction of sp³-hybridized carbons (Fsp3) is 0.672. The van der Waals surface area contributed by atoms with Crippen LogP contribution in [-0.2, 0) is 20.9 Å². The number of nitrogens with one attached hydrogen (secondary N) is 2. The SMILES string of the molecule is C[C@@H]1CCC2=CC[C@H]3[C@H](CO)C[C@@H](O)[C@](C)(O)[C@H]4[C@@H](CC#C[C@@H]([C@H]5COC(=O)[C@@H]5c5cc[nH]c5)C[C@@H]3[C@@H]2C1)C[C@@]1(O)C2=CC(=O)[C@@H]3C[C@@H](O)[C@@H](O)C[C@]3(C)[C@H]2CC[C@]41CCNC(N)=NCc1ccccc1. The summed E-state index contributed by atoms with van der Waals surface area (Å²) in [5, 5.41) is 77.3. The number of guanidine groups is 1. The molecule has 19 atom stereocenters. The van der Waals surface area contributed by atoms with E-state index in [2.05, 4.69) is 40.1 Å². The molecule has 7 aliphatic carbocycles. The Balaban J connectivity index is 1.08. The topological polar surface area (TPSA) is 231 Å². The highest BCUT2D eigenvalue weighted by Gasteiger charge is 2.73. The lowest BCUT2D eigenvalue weighted by Gasteiger charge is -2.61. The van der Waals surface area contributed by atoms with Crippen molar-refractivity contribution >= 4 is 17.7 Å². The van der Waals surface area contributed by atoms with Gasteiger partial charge in [-0.25, -0.2) is 4.99 Å². The first-order valence-corrected chi connectivity index (χ1v) is 26.9. The van der Waals surface area contributed by atoms with Crippen LogP contribution in [0.4, 0.5) is 0 Å². The number of aromatic nitrogens is 1. The molecular formula is C58H78N4O9. The summed E-state index contributed by atoms with van der Waals surface area (Å²) in [5.41, 5.74) is 5.17. The molecule has 384 valence electrons. The quantitative estimate of drug-likeness (QED) is 0.0513. The Bertz CT molecular complexity index is 2440. The van der Waals surface area contributed by atoms with Crippen LogP contribution in [0.3, 0.4) is 0 Å². The van der Waals surface area contributed by atoms with Crippen LogP contribution < -0.4 is 11.1 Å². The zero-order valence-electron chi connectivity index (χ0n) is 41.9. The van der Waals surface area contributed by atoms with Gasteiger partial charge in [-0.05, 0) is 160 Å². The number of hydrogen-bond acceptors (Lipinski definition) is 10. The predicted octanol–water partition coefficient (Wildman–Crippen LogP) is 5.70. The number of carbonyl (C=O) groups is 2. The summed E-state index contributed by atoms with van der Waals surface area (Å²) in [7, 11) is 0. The molecule has 1 aliphatic heterocycles. The van der Waals surface area contributed by atoms with Crippen molar-refractivity contribution in [3.8, 4) is 11.8 Å². The zero-order chi connectivity index (χ0) is 50.0. The van der Waals surface area contributed by atoms with Gasteiger partial charge in [-0.15, -0.1) is 5.92 Å². The lowest BCUT2D eigenvalue weighted by molar-refractivity contribution is -0.190. The summed E-state index contributed by atoms with van der Waals surface area (Å²) in [6.07, 6.45) is 11.2. The molecular weight excluding hydrogens is 897 g/mol. The van der Waals surface area contributed by atoms with Crippen LogP contribution in [0.5, 0.6) is 0 Å². The normalized spacial score (nSPS) is 44.5. The Morgan fingerprint density at radius 3 is 2.54 bits per heavy atom. The van der Waals surface area contributed by atoms with E-state index >= 15 is 0 Å². The first-order valence-electron chi connectivity index (χ1n) is 26.9. The van der Waals surface area contributed by atoms with Gasteiger partial charge in [-0.3, -0.25) is 9.59 Å². The maximum absolute atomic E-state index is 14.5. The third-order valence-electron chi connectivity index (χ3n) is 20.4. The average molecular weight is 975 g/mol. The summed E-state index contributed by atoms with van der Waals surface area (Å²) < 4.78 is 5.90. The van der Waals surface area contributed by atoms with Gasteiger partial charge in [0.1, 0.15) is 0 Å². The van der Waals surface area contributed by atoms with E-state index in [1.807, 2.05) is 55.7 Å². The molecule has 2 aromatic rings. The number of benzene rings is 1. The number of H-pyrrole nitrogens is 1. The van der Waals surface area contributed by atoms with Crippen molar-refractivity contribution in [3.63, 3.8) is 0 Å². The Kier molecular flexibility index (Phi) is 13.8. The first-order chi connectivity index (χ1) is 34.0. The van der Waals surface area contributed by atoms with E-state index in [9.17, 15) is 40.2 Å².